The Morgan fingerprint density at radius 2 is 2.00 bits per heavy atom. The van der Waals surface area contributed by atoms with Gasteiger partial charge < -0.3 is 8.98 Å². The second kappa shape index (κ2) is 5.40. The average molecular weight is 294 g/mol. The maximum absolute atomic E-state index is 5.31. The summed E-state index contributed by atoms with van der Waals surface area (Å²) in [4.78, 5) is 4.28. The van der Waals surface area contributed by atoms with E-state index in [2.05, 4.69) is 50.1 Å². The minimum Gasteiger partial charge on any atom is -0.448 e. The number of oxazole rings is 1. The first kappa shape index (κ1) is 13.2. The van der Waals surface area contributed by atoms with E-state index in [4.69, 9.17) is 4.42 Å². The van der Waals surface area contributed by atoms with Gasteiger partial charge in [0.1, 0.15) is 17.3 Å². The van der Waals surface area contributed by atoms with Gasteiger partial charge in [0.2, 0.25) is 0 Å². The monoisotopic (exact) mass is 294 g/mol. The number of nitrogens with zero attached hydrogens (tertiary/aromatic N) is 4. The molecule has 22 heavy (non-hydrogen) atoms. The molecule has 5 heteroatoms. The maximum Gasteiger partial charge on any atom is 0.186 e. The van der Waals surface area contributed by atoms with Crippen LogP contribution in [-0.4, -0.2) is 19.7 Å². The molecule has 5 nitrogen and oxygen atoms in total. The Kier molecular flexibility index (Phi) is 3.25. The van der Waals surface area contributed by atoms with Crippen molar-refractivity contribution in [2.24, 2.45) is 0 Å². The van der Waals surface area contributed by atoms with Crippen molar-refractivity contribution in [2.45, 2.75) is 38.6 Å². The lowest BCUT2D eigenvalue weighted by atomic mass is 9.92. The molecule has 2 aromatic heterocycles. The third kappa shape index (κ3) is 2.22. The van der Waals surface area contributed by atoms with Crippen molar-refractivity contribution in [3.05, 3.63) is 53.9 Å². The number of hydrogen-bond acceptors (Lipinski definition) is 4. The van der Waals surface area contributed by atoms with Crippen LogP contribution in [-0.2, 0) is 13.0 Å². The maximum atomic E-state index is 5.31. The Bertz CT molecular complexity index is 775. The third-order valence-electron chi connectivity index (χ3n) is 4.47. The van der Waals surface area contributed by atoms with Gasteiger partial charge in [-0.15, -0.1) is 10.2 Å². The van der Waals surface area contributed by atoms with Crippen LogP contribution in [0.25, 0.3) is 11.5 Å². The molecular formula is C17H18N4O. The standard InChI is InChI=1S/C17H18N4O/c1-12-16(18-11-22-12)17-20-19-15-8-7-14(9-10-21(15)17)13-5-3-2-4-6-13/h2-6,11,14H,7-10H2,1H3. The van der Waals surface area contributed by atoms with Crippen molar-refractivity contribution in [3.8, 4) is 11.5 Å². The molecule has 3 aromatic rings. The number of rotatable bonds is 2. The Morgan fingerprint density at radius 3 is 2.77 bits per heavy atom. The smallest absolute Gasteiger partial charge is 0.186 e. The second-order valence-electron chi connectivity index (χ2n) is 5.78. The van der Waals surface area contributed by atoms with E-state index in [1.54, 1.807) is 0 Å². The van der Waals surface area contributed by atoms with Crippen molar-refractivity contribution < 1.29 is 4.42 Å². The zero-order valence-electron chi connectivity index (χ0n) is 12.6. The Labute approximate surface area is 129 Å². The number of aromatic nitrogens is 4. The summed E-state index contributed by atoms with van der Waals surface area (Å²) < 4.78 is 7.51. The lowest BCUT2D eigenvalue weighted by Gasteiger charge is -2.14. The van der Waals surface area contributed by atoms with E-state index in [1.165, 1.54) is 12.0 Å². The van der Waals surface area contributed by atoms with Gasteiger partial charge in [-0.3, -0.25) is 0 Å². The van der Waals surface area contributed by atoms with E-state index >= 15 is 0 Å². The number of fused-ring (bicyclic) bond motifs is 1. The normalized spacial score (nSPS) is 18.0. The largest absolute Gasteiger partial charge is 0.448 e. The van der Waals surface area contributed by atoms with E-state index in [1.807, 2.05) is 6.92 Å². The zero-order valence-corrected chi connectivity index (χ0v) is 12.6. The van der Waals surface area contributed by atoms with Gasteiger partial charge in [0.05, 0.1) is 0 Å². The quantitative estimate of drug-likeness (QED) is 0.727. The highest BCUT2D eigenvalue weighted by Crippen LogP contribution is 2.31. The lowest BCUT2D eigenvalue weighted by Crippen LogP contribution is -2.04. The van der Waals surface area contributed by atoms with Gasteiger partial charge in [0.15, 0.2) is 12.2 Å². The fourth-order valence-corrected chi connectivity index (χ4v) is 3.24. The summed E-state index contributed by atoms with van der Waals surface area (Å²) in [5.41, 5.74) is 2.22. The Balaban J connectivity index is 1.63. The molecule has 1 aliphatic rings. The molecule has 1 unspecified atom stereocenters. The van der Waals surface area contributed by atoms with Crippen LogP contribution in [0.2, 0.25) is 0 Å². The highest BCUT2D eigenvalue weighted by molar-refractivity contribution is 5.51. The van der Waals surface area contributed by atoms with Crippen molar-refractivity contribution >= 4 is 0 Å². The predicted molar refractivity (Wildman–Crippen MR) is 82.4 cm³/mol. The minimum atomic E-state index is 0.578. The molecule has 1 atom stereocenters. The first-order chi connectivity index (χ1) is 10.8. The van der Waals surface area contributed by atoms with Crippen molar-refractivity contribution in [2.75, 3.05) is 0 Å². The predicted octanol–water partition coefficient (Wildman–Crippen LogP) is 3.36. The lowest BCUT2D eigenvalue weighted by molar-refractivity contribution is 0.526. The Hall–Kier alpha value is -2.43. The molecule has 1 aromatic carbocycles. The van der Waals surface area contributed by atoms with Gasteiger partial charge in [-0.1, -0.05) is 30.3 Å². The molecule has 112 valence electrons. The molecule has 3 heterocycles. The van der Waals surface area contributed by atoms with Gasteiger partial charge in [-0.2, -0.15) is 0 Å². The van der Waals surface area contributed by atoms with Crippen LogP contribution in [0.1, 0.15) is 35.9 Å². The van der Waals surface area contributed by atoms with Crippen LogP contribution < -0.4 is 0 Å². The molecule has 4 rings (SSSR count). The van der Waals surface area contributed by atoms with E-state index in [0.29, 0.717) is 5.92 Å². The molecule has 0 saturated carbocycles. The summed E-state index contributed by atoms with van der Waals surface area (Å²) in [5, 5.41) is 8.70. The summed E-state index contributed by atoms with van der Waals surface area (Å²) in [7, 11) is 0. The van der Waals surface area contributed by atoms with Crippen LogP contribution in [0, 0.1) is 6.92 Å². The summed E-state index contributed by atoms with van der Waals surface area (Å²) in [6, 6.07) is 10.7. The SMILES string of the molecule is Cc1ocnc1-c1nnc2n1CCC(c1ccccc1)CC2. The minimum absolute atomic E-state index is 0.578. The van der Waals surface area contributed by atoms with Crippen LogP contribution >= 0.6 is 0 Å². The second-order valence-corrected chi connectivity index (χ2v) is 5.78. The molecule has 0 spiro atoms. The highest BCUT2D eigenvalue weighted by Gasteiger charge is 2.23. The summed E-state index contributed by atoms with van der Waals surface area (Å²) in [6.45, 7) is 2.83. The van der Waals surface area contributed by atoms with E-state index in [0.717, 1.165) is 48.9 Å². The summed E-state index contributed by atoms with van der Waals surface area (Å²) >= 11 is 0. The van der Waals surface area contributed by atoms with Gasteiger partial charge in [-0.05, 0) is 31.2 Å². The van der Waals surface area contributed by atoms with E-state index in [9.17, 15) is 0 Å². The zero-order chi connectivity index (χ0) is 14.9. The molecular weight excluding hydrogens is 276 g/mol. The van der Waals surface area contributed by atoms with E-state index < -0.39 is 0 Å². The van der Waals surface area contributed by atoms with Gasteiger partial charge in [0, 0.05) is 13.0 Å². The number of aryl methyl sites for hydroxylation is 2. The van der Waals surface area contributed by atoms with Crippen LogP contribution in [0.3, 0.4) is 0 Å². The molecule has 0 amide bonds. The molecule has 1 aliphatic heterocycles. The van der Waals surface area contributed by atoms with Crippen molar-refractivity contribution in [1.82, 2.24) is 19.7 Å². The summed E-state index contributed by atoms with van der Waals surface area (Å²) in [6.07, 6.45) is 4.62. The molecule has 0 bridgehead atoms. The molecule has 0 N–H and O–H groups in total. The van der Waals surface area contributed by atoms with E-state index in [-0.39, 0.29) is 0 Å². The topological polar surface area (TPSA) is 56.7 Å². The number of benzene rings is 1. The van der Waals surface area contributed by atoms with Gasteiger partial charge in [-0.25, -0.2) is 4.98 Å². The Morgan fingerprint density at radius 1 is 1.14 bits per heavy atom. The molecule has 0 aliphatic carbocycles. The fourth-order valence-electron chi connectivity index (χ4n) is 3.24. The molecule has 0 radical (unpaired) electrons. The van der Waals surface area contributed by atoms with Gasteiger partial charge >= 0.3 is 0 Å². The summed E-state index contributed by atoms with van der Waals surface area (Å²) in [5.74, 6) is 3.25. The molecule has 0 fully saturated rings. The first-order valence-electron chi connectivity index (χ1n) is 7.70. The first-order valence-corrected chi connectivity index (χ1v) is 7.70. The van der Waals surface area contributed by atoms with Crippen LogP contribution in [0.4, 0.5) is 0 Å². The van der Waals surface area contributed by atoms with Crippen LogP contribution in [0.5, 0.6) is 0 Å². The third-order valence-corrected chi connectivity index (χ3v) is 4.47. The number of hydrogen-bond donors (Lipinski definition) is 0. The van der Waals surface area contributed by atoms with Crippen LogP contribution in [0.15, 0.2) is 41.1 Å². The average Bonchev–Trinajstić information content (AvgIpc) is 3.08. The molecule has 0 saturated heterocycles. The fraction of sp³-hybridized carbons (Fsp3) is 0.353. The van der Waals surface area contributed by atoms with Gasteiger partial charge in [0.25, 0.3) is 0 Å². The highest BCUT2D eigenvalue weighted by atomic mass is 16.3. The van der Waals surface area contributed by atoms with Crippen molar-refractivity contribution in [3.63, 3.8) is 0 Å². The van der Waals surface area contributed by atoms with Crippen molar-refractivity contribution in [1.29, 1.82) is 0 Å².